The van der Waals surface area contributed by atoms with E-state index < -0.39 is 0 Å². The second kappa shape index (κ2) is 5.49. The molecule has 1 N–H and O–H groups in total. The fourth-order valence-corrected chi connectivity index (χ4v) is 2.21. The number of nitrogens with zero attached hydrogens (tertiary/aromatic N) is 1. The third-order valence-corrected chi connectivity index (χ3v) is 3.23. The van der Waals surface area contributed by atoms with E-state index in [4.69, 9.17) is 4.74 Å². The third kappa shape index (κ3) is 3.19. The Bertz CT molecular complexity index is 296. The number of carbonyl (C=O) groups excluding carboxylic acids is 2. The average molecular weight is 240 g/mol. The predicted molar refractivity (Wildman–Crippen MR) is 62.4 cm³/mol. The summed E-state index contributed by atoms with van der Waals surface area (Å²) >= 11 is 0. The Kier molecular flexibility index (Phi) is 3.99. The molecular formula is C12H20N2O3. The number of hydrogen-bond acceptors (Lipinski definition) is 4. The van der Waals surface area contributed by atoms with Crippen molar-refractivity contribution in [2.24, 2.45) is 0 Å². The van der Waals surface area contributed by atoms with Gasteiger partial charge in [-0.25, -0.2) is 0 Å². The quantitative estimate of drug-likeness (QED) is 0.702. The van der Waals surface area contributed by atoms with Crippen LogP contribution in [0.2, 0.25) is 0 Å². The number of ether oxygens (including phenoxy) is 1. The molecule has 0 aromatic rings. The first kappa shape index (κ1) is 12.4. The predicted octanol–water partition coefficient (Wildman–Crippen LogP) is 0.293. The molecule has 0 aromatic heterocycles. The van der Waals surface area contributed by atoms with E-state index in [1.54, 1.807) is 11.8 Å². The highest BCUT2D eigenvalue weighted by molar-refractivity contribution is 5.86. The minimum Gasteiger partial charge on any atom is -0.465 e. The van der Waals surface area contributed by atoms with Gasteiger partial charge in [0.2, 0.25) is 5.91 Å². The molecule has 0 radical (unpaired) electrons. The van der Waals surface area contributed by atoms with E-state index in [1.807, 2.05) is 0 Å². The number of rotatable bonds is 5. The van der Waals surface area contributed by atoms with Gasteiger partial charge in [-0.2, -0.15) is 0 Å². The normalized spacial score (nSPS) is 23.5. The first-order valence-corrected chi connectivity index (χ1v) is 6.42. The molecule has 0 unspecified atom stereocenters. The van der Waals surface area contributed by atoms with Gasteiger partial charge < -0.3 is 15.0 Å². The monoisotopic (exact) mass is 240 g/mol. The summed E-state index contributed by atoms with van der Waals surface area (Å²) in [4.78, 5) is 25.4. The number of nitrogens with one attached hydrogen (secondary N) is 1. The lowest BCUT2D eigenvalue weighted by atomic mass is 10.2. The Balaban J connectivity index is 1.91. The summed E-state index contributed by atoms with van der Waals surface area (Å²) in [6.45, 7) is 3.15. The Morgan fingerprint density at radius 1 is 1.35 bits per heavy atom. The van der Waals surface area contributed by atoms with E-state index in [1.165, 1.54) is 0 Å². The zero-order valence-corrected chi connectivity index (χ0v) is 10.3. The fraction of sp³-hybridized carbons (Fsp3) is 0.833. The van der Waals surface area contributed by atoms with Crippen LogP contribution in [-0.2, 0) is 14.3 Å². The zero-order valence-electron chi connectivity index (χ0n) is 10.3. The molecule has 2 aliphatic rings. The van der Waals surface area contributed by atoms with Crippen LogP contribution in [0, 0.1) is 0 Å². The molecule has 2 rings (SSSR count). The molecule has 1 saturated heterocycles. The van der Waals surface area contributed by atoms with Crippen LogP contribution in [0.5, 0.6) is 0 Å². The second-order valence-electron chi connectivity index (χ2n) is 4.65. The van der Waals surface area contributed by atoms with E-state index in [2.05, 4.69) is 5.32 Å². The van der Waals surface area contributed by atoms with E-state index >= 15 is 0 Å². The third-order valence-electron chi connectivity index (χ3n) is 3.23. The van der Waals surface area contributed by atoms with Gasteiger partial charge in [0.1, 0.15) is 6.54 Å². The van der Waals surface area contributed by atoms with Crippen LogP contribution in [-0.4, -0.2) is 48.6 Å². The summed E-state index contributed by atoms with van der Waals surface area (Å²) in [5.41, 5.74) is 0. The van der Waals surface area contributed by atoms with Gasteiger partial charge in [0.05, 0.1) is 12.6 Å². The Morgan fingerprint density at radius 2 is 2.12 bits per heavy atom. The lowest BCUT2D eigenvalue weighted by Gasteiger charge is -2.24. The van der Waals surface area contributed by atoms with Gasteiger partial charge in [-0.15, -0.1) is 0 Å². The van der Waals surface area contributed by atoms with Crippen LogP contribution < -0.4 is 5.32 Å². The van der Waals surface area contributed by atoms with Crippen LogP contribution in [0.4, 0.5) is 0 Å². The molecule has 1 aliphatic carbocycles. The lowest BCUT2D eigenvalue weighted by molar-refractivity contribution is -0.149. The van der Waals surface area contributed by atoms with Gasteiger partial charge in [0, 0.05) is 6.04 Å². The molecule has 5 heteroatoms. The van der Waals surface area contributed by atoms with Crippen molar-refractivity contribution in [3.63, 3.8) is 0 Å². The molecule has 17 heavy (non-hydrogen) atoms. The van der Waals surface area contributed by atoms with E-state index in [-0.39, 0.29) is 30.5 Å². The van der Waals surface area contributed by atoms with Gasteiger partial charge >= 0.3 is 5.97 Å². The van der Waals surface area contributed by atoms with Crippen LogP contribution in [0.3, 0.4) is 0 Å². The molecule has 1 heterocycles. The summed E-state index contributed by atoms with van der Waals surface area (Å²) in [6, 6.07) is 0.166. The van der Waals surface area contributed by atoms with E-state index in [9.17, 15) is 9.59 Å². The molecule has 0 bridgehead atoms. The number of hydrogen-bond donors (Lipinski definition) is 1. The largest absolute Gasteiger partial charge is 0.465 e. The van der Waals surface area contributed by atoms with Crippen molar-refractivity contribution in [2.45, 2.75) is 44.7 Å². The Hall–Kier alpha value is -1.10. The number of amides is 1. The molecule has 5 nitrogen and oxygen atoms in total. The van der Waals surface area contributed by atoms with Gasteiger partial charge in [-0.3, -0.25) is 9.59 Å². The van der Waals surface area contributed by atoms with Crippen molar-refractivity contribution >= 4 is 11.9 Å². The Labute approximate surface area is 101 Å². The average Bonchev–Trinajstić information content (AvgIpc) is 3.00. The molecule has 2 fully saturated rings. The van der Waals surface area contributed by atoms with Crippen molar-refractivity contribution < 1.29 is 14.3 Å². The van der Waals surface area contributed by atoms with Crippen LogP contribution >= 0.6 is 0 Å². The Morgan fingerprint density at radius 3 is 2.65 bits per heavy atom. The maximum absolute atomic E-state index is 12.2. The molecule has 1 saturated carbocycles. The molecule has 96 valence electrons. The van der Waals surface area contributed by atoms with Crippen LogP contribution in [0.25, 0.3) is 0 Å². The van der Waals surface area contributed by atoms with Crippen LogP contribution in [0.15, 0.2) is 0 Å². The smallest absolute Gasteiger partial charge is 0.325 e. The second-order valence-corrected chi connectivity index (χ2v) is 4.65. The first-order chi connectivity index (χ1) is 8.22. The highest BCUT2D eigenvalue weighted by Gasteiger charge is 2.37. The summed E-state index contributed by atoms with van der Waals surface area (Å²) in [5, 5.41) is 3.18. The summed E-state index contributed by atoms with van der Waals surface area (Å²) in [7, 11) is 0. The SMILES string of the molecule is CCOC(=O)CN(C(=O)[C@H]1CCCN1)C1CC1. The van der Waals surface area contributed by atoms with E-state index in [0.717, 1.165) is 32.2 Å². The molecular weight excluding hydrogens is 220 g/mol. The minimum absolute atomic E-state index is 0.0676. The first-order valence-electron chi connectivity index (χ1n) is 6.42. The van der Waals surface area contributed by atoms with Gasteiger partial charge in [-0.05, 0) is 39.2 Å². The maximum Gasteiger partial charge on any atom is 0.325 e. The van der Waals surface area contributed by atoms with Gasteiger partial charge in [0.25, 0.3) is 0 Å². The van der Waals surface area contributed by atoms with Crippen molar-refractivity contribution in [3.05, 3.63) is 0 Å². The summed E-state index contributed by atoms with van der Waals surface area (Å²) < 4.78 is 4.91. The molecule has 0 spiro atoms. The molecule has 1 atom stereocenters. The van der Waals surface area contributed by atoms with Crippen LogP contribution in [0.1, 0.15) is 32.6 Å². The number of esters is 1. The lowest BCUT2D eigenvalue weighted by Crippen LogP contribution is -2.47. The maximum atomic E-state index is 12.2. The topological polar surface area (TPSA) is 58.6 Å². The van der Waals surface area contributed by atoms with Gasteiger partial charge in [0.15, 0.2) is 0 Å². The molecule has 1 aliphatic heterocycles. The minimum atomic E-state index is -0.300. The van der Waals surface area contributed by atoms with Gasteiger partial charge in [-0.1, -0.05) is 0 Å². The summed E-state index contributed by atoms with van der Waals surface area (Å²) in [6.07, 6.45) is 3.94. The fourth-order valence-electron chi connectivity index (χ4n) is 2.21. The highest BCUT2D eigenvalue weighted by Crippen LogP contribution is 2.28. The van der Waals surface area contributed by atoms with Crippen molar-refractivity contribution in [2.75, 3.05) is 19.7 Å². The molecule has 0 aromatic carbocycles. The number of carbonyl (C=O) groups is 2. The zero-order chi connectivity index (χ0) is 12.3. The van der Waals surface area contributed by atoms with E-state index in [0.29, 0.717) is 6.61 Å². The standard InChI is InChI=1S/C12H20N2O3/c1-2-17-11(15)8-14(9-5-6-9)12(16)10-4-3-7-13-10/h9-10,13H,2-8H2,1H3/t10-/m1/s1. The molecule has 1 amide bonds. The van der Waals surface area contributed by atoms with Crippen molar-refractivity contribution in [3.8, 4) is 0 Å². The van der Waals surface area contributed by atoms with Crippen molar-refractivity contribution in [1.82, 2.24) is 10.2 Å². The highest BCUT2D eigenvalue weighted by atomic mass is 16.5. The van der Waals surface area contributed by atoms with Crippen molar-refractivity contribution in [1.29, 1.82) is 0 Å². The summed E-state index contributed by atoms with van der Waals surface area (Å²) in [5.74, 6) is -0.233.